The highest BCUT2D eigenvalue weighted by Gasteiger charge is 2.34. The summed E-state index contributed by atoms with van der Waals surface area (Å²) < 4.78 is 67.8. The molecule has 1 fully saturated rings. The molecule has 3 rings (SSSR count). The molecule has 0 unspecified atom stereocenters. The Morgan fingerprint density at radius 2 is 1.78 bits per heavy atom. The predicted octanol–water partition coefficient (Wildman–Crippen LogP) is 2.08. The largest absolute Gasteiger partial charge is 0.468 e. The Morgan fingerprint density at radius 1 is 1.12 bits per heavy atom. The van der Waals surface area contributed by atoms with E-state index in [2.05, 4.69) is 9.72 Å². The third-order valence-electron chi connectivity index (χ3n) is 4.57. The lowest BCUT2D eigenvalue weighted by Crippen LogP contribution is -2.50. The van der Waals surface area contributed by atoms with Gasteiger partial charge in [0.05, 0.1) is 10.5 Å². The van der Waals surface area contributed by atoms with Crippen molar-refractivity contribution in [2.24, 2.45) is 0 Å². The quantitative estimate of drug-likeness (QED) is 0.464. The number of piperazine rings is 1. The summed E-state index contributed by atoms with van der Waals surface area (Å²) in [4.78, 5) is 27.6. The molecule has 172 valence electrons. The molecule has 1 aliphatic heterocycles. The molecule has 1 aliphatic rings. The van der Waals surface area contributed by atoms with Crippen LogP contribution >= 0.6 is 0 Å². The first kappa shape index (κ1) is 23.4. The zero-order valence-electron chi connectivity index (χ0n) is 16.4. The molecule has 0 radical (unpaired) electrons. The summed E-state index contributed by atoms with van der Waals surface area (Å²) in [5, 5.41) is 11.2. The van der Waals surface area contributed by atoms with Crippen molar-refractivity contribution in [3.63, 3.8) is 0 Å². The Labute approximate surface area is 180 Å². The van der Waals surface area contributed by atoms with Crippen LogP contribution in [0.1, 0.15) is 10.4 Å². The van der Waals surface area contributed by atoms with Gasteiger partial charge in [-0.05, 0) is 12.1 Å². The number of nitro groups is 1. The van der Waals surface area contributed by atoms with E-state index < -0.39 is 44.2 Å². The lowest BCUT2D eigenvalue weighted by atomic mass is 10.2. The molecule has 10 nitrogen and oxygen atoms in total. The van der Waals surface area contributed by atoms with Crippen molar-refractivity contribution in [3.05, 3.63) is 58.3 Å². The van der Waals surface area contributed by atoms with Crippen LogP contribution in [-0.4, -0.2) is 72.4 Å². The second-order valence-corrected chi connectivity index (χ2v) is 8.62. The molecule has 0 spiro atoms. The number of nitrogens with zero attached hydrogens (tertiary/aromatic N) is 4. The Balaban J connectivity index is 1.64. The molecular weight excluding hydrogens is 457 g/mol. The minimum absolute atomic E-state index is 0.0189. The molecule has 32 heavy (non-hydrogen) atoms. The number of nitro benzene ring substituents is 1. The van der Waals surface area contributed by atoms with Gasteiger partial charge in [0, 0.05) is 44.5 Å². The highest BCUT2D eigenvalue weighted by molar-refractivity contribution is 7.89. The molecule has 14 heteroatoms. The van der Waals surface area contributed by atoms with Crippen molar-refractivity contribution < 1.29 is 36.0 Å². The van der Waals surface area contributed by atoms with E-state index in [1.54, 1.807) is 0 Å². The molecule has 0 saturated carbocycles. The number of pyridine rings is 1. The maximum absolute atomic E-state index is 12.8. The third kappa shape index (κ3) is 5.31. The van der Waals surface area contributed by atoms with Gasteiger partial charge in [-0.25, -0.2) is 13.4 Å². The van der Waals surface area contributed by atoms with Crippen LogP contribution < -0.4 is 4.74 Å². The summed E-state index contributed by atoms with van der Waals surface area (Å²) in [5.41, 5.74) is -0.440. The van der Waals surface area contributed by atoms with Crippen molar-refractivity contribution in [2.45, 2.75) is 11.1 Å². The van der Waals surface area contributed by atoms with Crippen LogP contribution in [0.5, 0.6) is 5.88 Å². The fourth-order valence-electron chi connectivity index (χ4n) is 3.03. The van der Waals surface area contributed by atoms with Gasteiger partial charge >= 0.3 is 6.18 Å². The van der Waals surface area contributed by atoms with Gasteiger partial charge in [0.1, 0.15) is 0 Å². The molecule has 1 amide bonds. The van der Waals surface area contributed by atoms with E-state index >= 15 is 0 Å². The van der Waals surface area contributed by atoms with E-state index in [-0.39, 0.29) is 37.6 Å². The summed E-state index contributed by atoms with van der Waals surface area (Å²) in [7, 11) is -4.14. The molecule has 1 saturated heterocycles. The third-order valence-corrected chi connectivity index (χ3v) is 6.52. The van der Waals surface area contributed by atoms with Crippen LogP contribution in [0.2, 0.25) is 0 Å². The van der Waals surface area contributed by atoms with E-state index in [4.69, 9.17) is 0 Å². The Bertz CT molecular complexity index is 1100. The topological polar surface area (TPSA) is 123 Å². The van der Waals surface area contributed by atoms with Crippen LogP contribution in [0.4, 0.5) is 18.9 Å². The lowest BCUT2D eigenvalue weighted by molar-refractivity contribution is -0.387. The van der Waals surface area contributed by atoms with Crippen molar-refractivity contribution in [1.29, 1.82) is 0 Å². The molecule has 1 aromatic carbocycles. The first-order valence-electron chi connectivity index (χ1n) is 9.17. The fourth-order valence-corrected chi connectivity index (χ4v) is 4.61. The van der Waals surface area contributed by atoms with Gasteiger partial charge in [0.15, 0.2) is 11.5 Å². The van der Waals surface area contributed by atoms with Crippen molar-refractivity contribution in [3.8, 4) is 5.88 Å². The van der Waals surface area contributed by atoms with E-state index in [1.165, 1.54) is 23.1 Å². The van der Waals surface area contributed by atoms with Gasteiger partial charge in [0.2, 0.25) is 15.9 Å². The number of sulfonamides is 1. The second-order valence-electron chi connectivity index (χ2n) is 6.71. The lowest BCUT2D eigenvalue weighted by Gasteiger charge is -2.33. The summed E-state index contributed by atoms with van der Waals surface area (Å²) in [6.07, 6.45) is -3.44. The van der Waals surface area contributed by atoms with Crippen molar-refractivity contribution in [2.75, 3.05) is 32.8 Å². The highest BCUT2D eigenvalue weighted by atomic mass is 32.2. The van der Waals surface area contributed by atoms with E-state index in [1.807, 2.05) is 0 Å². The number of carbonyl (C=O) groups is 1. The molecule has 0 atom stereocenters. The van der Waals surface area contributed by atoms with Gasteiger partial charge in [-0.3, -0.25) is 14.9 Å². The van der Waals surface area contributed by atoms with Crippen molar-refractivity contribution in [1.82, 2.24) is 14.2 Å². The zero-order valence-corrected chi connectivity index (χ0v) is 17.2. The summed E-state index contributed by atoms with van der Waals surface area (Å²) in [6, 6.07) is 7.39. The molecule has 0 aliphatic carbocycles. The molecular formula is C18H17F3N4O6S. The number of ether oxygens (including phenoxy) is 1. The highest BCUT2D eigenvalue weighted by Crippen LogP contribution is 2.27. The number of carbonyl (C=O) groups excluding carboxylic acids is 1. The number of rotatable bonds is 6. The second kappa shape index (κ2) is 9.08. The maximum Gasteiger partial charge on any atom is 0.422 e. The molecule has 1 aromatic heterocycles. The molecule has 0 N–H and O–H groups in total. The minimum atomic E-state index is -4.52. The van der Waals surface area contributed by atoms with Crippen LogP contribution in [0.25, 0.3) is 0 Å². The Morgan fingerprint density at radius 3 is 2.34 bits per heavy atom. The van der Waals surface area contributed by atoms with Crippen LogP contribution in [0.15, 0.2) is 47.5 Å². The smallest absolute Gasteiger partial charge is 0.422 e. The minimum Gasteiger partial charge on any atom is -0.468 e. The summed E-state index contributed by atoms with van der Waals surface area (Å²) >= 11 is 0. The standard InChI is InChI=1S/C18H17F3N4O6S/c19-18(20,21)12-31-16-6-5-13(11-22-16)17(26)23-7-9-24(10-8-23)32(29,30)15-4-2-1-3-14(15)25(27)28/h1-6,11H,7-10,12H2. The van der Waals surface area contributed by atoms with Gasteiger partial charge in [0.25, 0.3) is 11.6 Å². The number of hydrogen-bond donors (Lipinski definition) is 0. The number of para-hydroxylation sites is 1. The summed E-state index contributed by atoms with van der Waals surface area (Å²) in [6.45, 7) is -1.64. The zero-order chi connectivity index (χ0) is 23.5. The van der Waals surface area contributed by atoms with Crippen LogP contribution in [-0.2, 0) is 10.0 Å². The predicted molar refractivity (Wildman–Crippen MR) is 104 cm³/mol. The average Bonchev–Trinajstić information content (AvgIpc) is 2.77. The Kier molecular flexibility index (Phi) is 6.64. The summed E-state index contributed by atoms with van der Waals surface area (Å²) in [5.74, 6) is -0.776. The number of hydrogen-bond acceptors (Lipinski definition) is 7. The number of halogens is 3. The van der Waals surface area contributed by atoms with Crippen LogP contribution in [0, 0.1) is 10.1 Å². The first-order chi connectivity index (χ1) is 15.0. The van der Waals surface area contributed by atoms with Gasteiger partial charge in [-0.1, -0.05) is 12.1 Å². The Hall–Kier alpha value is -3.26. The number of benzene rings is 1. The normalized spacial score (nSPS) is 15.4. The number of amides is 1. The van der Waals surface area contributed by atoms with E-state index in [0.29, 0.717) is 0 Å². The SMILES string of the molecule is O=C(c1ccc(OCC(F)(F)F)nc1)N1CCN(S(=O)(=O)c2ccccc2[N+](=O)[O-])CC1. The van der Waals surface area contributed by atoms with E-state index in [9.17, 15) is 36.5 Å². The van der Waals surface area contributed by atoms with Gasteiger partial charge < -0.3 is 9.64 Å². The van der Waals surface area contributed by atoms with Crippen molar-refractivity contribution >= 4 is 21.6 Å². The number of alkyl halides is 3. The maximum atomic E-state index is 12.8. The van der Waals surface area contributed by atoms with Gasteiger partial charge in [-0.15, -0.1) is 0 Å². The molecule has 2 heterocycles. The van der Waals surface area contributed by atoms with Gasteiger partial charge in [-0.2, -0.15) is 17.5 Å². The average molecular weight is 474 g/mol. The molecule has 2 aromatic rings. The first-order valence-corrected chi connectivity index (χ1v) is 10.6. The van der Waals surface area contributed by atoms with E-state index in [0.717, 1.165) is 28.7 Å². The fraction of sp³-hybridized carbons (Fsp3) is 0.333. The van der Waals surface area contributed by atoms with Crippen LogP contribution in [0.3, 0.4) is 0 Å². The molecule has 0 bridgehead atoms. The monoisotopic (exact) mass is 474 g/mol. The number of aromatic nitrogens is 1.